The Labute approximate surface area is 108 Å². The summed E-state index contributed by atoms with van der Waals surface area (Å²) >= 11 is 18.4. The minimum absolute atomic E-state index is 0. The topological polar surface area (TPSA) is 24.1 Å². The van der Waals surface area contributed by atoms with Crippen molar-refractivity contribution in [2.45, 2.75) is 0 Å². The molecule has 0 fully saturated rings. The molecule has 0 aromatic heterocycles. The van der Waals surface area contributed by atoms with Gasteiger partial charge in [-0.15, -0.1) is 0 Å². The third-order valence-electron chi connectivity index (χ3n) is 0.664. The summed E-state index contributed by atoms with van der Waals surface area (Å²) in [5.74, 6) is 0. The van der Waals surface area contributed by atoms with E-state index in [1.165, 1.54) is 0 Å². The molecule has 2 N–H and O–H groups in total. The molecule has 0 saturated heterocycles. The van der Waals surface area contributed by atoms with Crippen molar-refractivity contribution >= 4 is 85.6 Å². The molecule has 0 aliphatic carbocycles. The minimum Gasteiger partial charge on any atom is -0.412 e. The third-order valence-corrected chi connectivity index (χ3v) is 1.24. The number of nitrogens with one attached hydrogen (secondary N) is 2. The largest absolute Gasteiger partial charge is 2.00 e. The maximum Gasteiger partial charge on any atom is 2.00 e. The van der Waals surface area contributed by atoms with Gasteiger partial charge in [-0.25, -0.2) is 0 Å². The van der Waals surface area contributed by atoms with E-state index in [-0.39, 0.29) is 27.3 Å². The first kappa shape index (κ1) is 14.7. The predicted octanol–water partition coefficient (Wildman–Crippen LogP) is -0.552. The van der Waals surface area contributed by atoms with Crippen molar-refractivity contribution in [3.05, 3.63) is 0 Å². The second-order valence-electron chi connectivity index (χ2n) is 1.43. The SMILES string of the molecule is S=C([S-])NCCNC(=S)[S-].[Pb+2]. The van der Waals surface area contributed by atoms with Gasteiger partial charge in [-0.2, -0.15) is 0 Å². The average molecular weight is 418 g/mol. The number of hydrogen-bond acceptors (Lipinski definition) is 4. The molecule has 0 spiro atoms. The van der Waals surface area contributed by atoms with Crippen molar-refractivity contribution in [2.24, 2.45) is 0 Å². The summed E-state index contributed by atoms with van der Waals surface area (Å²) in [6, 6.07) is 0. The van der Waals surface area contributed by atoms with Crippen molar-refractivity contribution in [3.8, 4) is 0 Å². The monoisotopic (exact) mass is 418 g/mol. The van der Waals surface area contributed by atoms with Crippen LogP contribution < -0.4 is 10.6 Å². The smallest absolute Gasteiger partial charge is 0.412 e. The van der Waals surface area contributed by atoms with E-state index in [0.717, 1.165) is 0 Å². The van der Waals surface area contributed by atoms with Crippen molar-refractivity contribution in [2.75, 3.05) is 13.1 Å². The molecule has 0 aliphatic rings. The molecule has 60 valence electrons. The Morgan fingerprint density at radius 3 is 1.45 bits per heavy atom. The van der Waals surface area contributed by atoms with Crippen LogP contribution in [0.5, 0.6) is 0 Å². The average Bonchev–Trinajstić information content (AvgIpc) is 1.79. The first-order chi connectivity index (χ1) is 4.63. The molecule has 2 nitrogen and oxygen atoms in total. The van der Waals surface area contributed by atoms with Crippen molar-refractivity contribution in [1.82, 2.24) is 10.6 Å². The van der Waals surface area contributed by atoms with Crippen LogP contribution in [0.1, 0.15) is 0 Å². The van der Waals surface area contributed by atoms with E-state index in [2.05, 4.69) is 60.3 Å². The fraction of sp³-hybridized carbons (Fsp3) is 0.500. The minimum atomic E-state index is 0. The molecule has 0 heterocycles. The molecule has 2 radical (unpaired) electrons. The van der Waals surface area contributed by atoms with Gasteiger partial charge in [0.1, 0.15) is 0 Å². The second-order valence-corrected chi connectivity index (χ2v) is 3.58. The number of rotatable bonds is 3. The zero-order chi connectivity index (χ0) is 7.98. The summed E-state index contributed by atoms with van der Waals surface area (Å²) in [5.41, 5.74) is 0. The van der Waals surface area contributed by atoms with Gasteiger partial charge in [0.15, 0.2) is 0 Å². The Morgan fingerprint density at radius 2 is 1.27 bits per heavy atom. The maximum atomic E-state index is 4.59. The van der Waals surface area contributed by atoms with Gasteiger partial charge in [-0.3, -0.25) is 0 Å². The first-order valence-corrected chi connectivity index (χ1v) is 4.16. The molecule has 0 bridgehead atoms. The number of thiocarbonyl (C=S) groups is 2. The van der Waals surface area contributed by atoms with Gasteiger partial charge < -0.3 is 60.3 Å². The summed E-state index contributed by atoms with van der Waals surface area (Å²) in [5, 5.41) is 5.56. The summed E-state index contributed by atoms with van der Waals surface area (Å²) in [6.45, 7) is 1.33. The van der Waals surface area contributed by atoms with E-state index in [0.29, 0.717) is 21.7 Å². The number of hydrogen-bond donors (Lipinski definition) is 2. The Hall–Kier alpha value is 1.14. The molecule has 11 heavy (non-hydrogen) atoms. The molecule has 0 rings (SSSR count). The normalized spacial score (nSPS) is 7.64. The zero-order valence-electron chi connectivity index (χ0n) is 5.55. The van der Waals surface area contributed by atoms with Crippen LogP contribution in [0.3, 0.4) is 0 Å². The van der Waals surface area contributed by atoms with Gasteiger partial charge >= 0.3 is 27.3 Å². The van der Waals surface area contributed by atoms with Crippen LogP contribution in [-0.4, -0.2) is 49.0 Å². The summed E-state index contributed by atoms with van der Waals surface area (Å²) < 4.78 is 0.745. The Kier molecular flexibility index (Phi) is 12.3. The van der Waals surface area contributed by atoms with E-state index < -0.39 is 0 Å². The standard InChI is InChI=1S/C4H8N2S4.Pb/c7-3(8)5-1-2-6-4(9)10;/h1-2H2,(H2,5,7,8)(H2,6,9,10);/q;+2/p-2. The molecule has 0 aromatic rings. The molecule has 7 heteroatoms. The van der Waals surface area contributed by atoms with Crippen LogP contribution >= 0.6 is 24.4 Å². The van der Waals surface area contributed by atoms with Gasteiger partial charge in [-0.1, -0.05) is 8.64 Å². The van der Waals surface area contributed by atoms with Crippen LogP contribution in [0.4, 0.5) is 0 Å². The van der Waals surface area contributed by atoms with Crippen molar-refractivity contribution < 1.29 is 0 Å². The molecule has 0 amide bonds. The van der Waals surface area contributed by atoms with Crippen LogP contribution in [0, 0.1) is 0 Å². The van der Waals surface area contributed by atoms with Gasteiger partial charge in [-0.05, 0) is 0 Å². The summed E-state index contributed by atoms with van der Waals surface area (Å²) in [4.78, 5) is 0. The summed E-state index contributed by atoms with van der Waals surface area (Å²) in [7, 11) is 0. The molecular formula is C4H6N2PbS4. The Balaban J connectivity index is 0. The molecular weight excluding hydrogens is 412 g/mol. The van der Waals surface area contributed by atoms with E-state index in [9.17, 15) is 0 Å². The van der Waals surface area contributed by atoms with Crippen molar-refractivity contribution in [1.29, 1.82) is 0 Å². The molecule has 0 saturated carbocycles. The van der Waals surface area contributed by atoms with Gasteiger partial charge in [0.25, 0.3) is 0 Å². The van der Waals surface area contributed by atoms with E-state index >= 15 is 0 Å². The van der Waals surface area contributed by atoms with Crippen LogP contribution in [0.15, 0.2) is 0 Å². The molecule has 0 unspecified atom stereocenters. The maximum absolute atomic E-state index is 4.59. The fourth-order valence-electron chi connectivity index (χ4n) is 0.329. The first-order valence-electron chi connectivity index (χ1n) is 2.52. The predicted molar refractivity (Wildman–Crippen MR) is 61.7 cm³/mol. The van der Waals surface area contributed by atoms with Gasteiger partial charge in [0.05, 0.1) is 0 Å². The molecule has 0 atom stereocenters. The summed E-state index contributed by atoms with van der Waals surface area (Å²) in [6.07, 6.45) is 0. The van der Waals surface area contributed by atoms with Crippen LogP contribution in [0.25, 0.3) is 0 Å². The Morgan fingerprint density at radius 1 is 1.00 bits per heavy atom. The third kappa shape index (κ3) is 14.0. The van der Waals surface area contributed by atoms with E-state index in [4.69, 9.17) is 0 Å². The quantitative estimate of drug-likeness (QED) is 0.277. The molecule has 0 aromatic carbocycles. The van der Waals surface area contributed by atoms with Gasteiger partial charge in [0.2, 0.25) is 0 Å². The Bertz CT molecular complexity index is 124. The van der Waals surface area contributed by atoms with E-state index in [1.54, 1.807) is 0 Å². The second kappa shape index (κ2) is 9.23. The van der Waals surface area contributed by atoms with Gasteiger partial charge in [0, 0.05) is 13.1 Å². The molecule has 0 aliphatic heterocycles. The van der Waals surface area contributed by atoms with Crippen LogP contribution in [-0.2, 0) is 25.3 Å². The fourth-order valence-corrected chi connectivity index (χ4v) is 0.737. The van der Waals surface area contributed by atoms with E-state index in [1.807, 2.05) is 0 Å². The van der Waals surface area contributed by atoms with Crippen molar-refractivity contribution in [3.63, 3.8) is 0 Å². The van der Waals surface area contributed by atoms with Crippen LogP contribution in [0.2, 0.25) is 0 Å². The zero-order valence-corrected chi connectivity index (χ0v) is 12.7.